The fraction of sp³-hybridized carbons (Fsp3) is 0.714. The smallest absolute Gasteiger partial charge is 0.240 e. The van der Waals surface area contributed by atoms with E-state index in [-0.39, 0.29) is 12.1 Å². The molecule has 1 unspecified atom stereocenters. The van der Waals surface area contributed by atoms with Crippen molar-refractivity contribution in [2.75, 3.05) is 12.8 Å². The van der Waals surface area contributed by atoms with Crippen molar-refractivity contribution in [2.45, 2.75) is 26.0 Å². The van der Waals surface area contributed by atoms with Gasteiger partial charge in [-0.25, -0.2) is 4.68 Å². The predicted octanol–water partition coefficient (Wildman–Crippen LogP) is 1.05. The lowest BCUT2D eigenvalue weighted by molar-refractivity contribution is 0.0809. The predicted molar refractivity (Wildman–Crippen MR) is 53.2 cm³/mol. The lowest BCUT2D eigenvalue weighted by atomic mass is 10.3. The van der Waals surface area contributed by atoms with E-state index in [9.17, 15) is 0 Å². The van der Waals surface area contributed by atoms with E-state index in [1.165, 1.54) is 0 Å². The Labute approximate surface area is 85.4 Å². The van der Waals surface area contributed by atoms with Crippen LogP contribution in [-0.2, 0) is 11.3 Å². The number of methoxy groups -OCH3 is 1. The summed E-state index contributed by atoms with van der Waals surface area (Å²) in [6.45, 7) is 2.72. The molecule has 1 aromatic heterocycles. The van der Waals surface area contributed by atoms with Gasteiger partial charge in [0, 0.05) is 7.11 Å². The molecule has 1 heterocycles. The van der Waals surface area contributed by atoms with Crippen LogP contribution in [0.1, 0.15) is 13.3 Å². The number of ether oxygens (including phenoxy) is 1. The normalized spacial score (nSPS) is 13.2. The minimum absolute atomic E-state index is 0.150. The van der Waals surface area contributed by atoms with Crippen molar-refractivity contribution in [3.63, 3.8) is 0 Å². The third-order valence-corrected chi connectivity index (χ3v) is 2.39. The summed E-state index contributed by atoms with van der Waals surface area (Å²) in [6, 6.07) is 0. The summed E-state index contributed by atoms with van der Waals surface area (Å²) in [7, 11) is 1.68. The third kappa shape index (κ3) is 2.67. The van der Waals surface area contributed by atoms with Crippen LogP contribution in [0.3, 0.4) is 0 Å². The van der Waals surface area contributed by atoms with Crippen molar-refractivity contribution in [1.29, 1.82) is 0 Å². The van der Waals surface area contributed by atoms with E-state index in [4.69, 9.17) is 10.5 Å². The van der Waals surface area contributed by atoms with Gasteiger partial charge < -0.3 is 10.5 Å². The van der Waals surface area contributed by atoms with Gasteiger partial charge in [0.1, 0.15) is 0 Å². The molecule has 1 aromatic rings. The van der Waals surface area contributed by atoms with Crippen LogP contribution in [0, 0.1) is 0 Å². The van der Waals surface area contributed by atoms with E-state index in [2.05, 4.69) is 32.9 Å². The van der Waals surface area contributed by atoms with Gasteiger partial charge in [0.05, 0.1) is 12.6 Å². The highest BCUT2D eigenvalue weighted by Crippen LogP contribution is 2.10. The Kier molecular flexibility index (Phi) is 3.68. The first-order valence-corrected chi connectivity index (χ1v) is 4.85. The number of aromatic nitrogens is 3. The molecule has 0 saturated heterocycles. The quantitative estimate of drug-likeness (QED) is 0.866. The zero-order chi connectivity index (χ0) is 9.84. The van der Waals surface area contributed by atoms with Crippen molar-refractivity contribution in [1.82, 2.24) is 14.8 Å². The van der Waals surface area contributed by atoms with Crippen LogP contribution < -0.4 is 5.73 Å². The Balaban J connectivity index is 2.67. The maximum absolute atomic E-state index is 5.42. The standard InChI is InChI=1S/C7H13BrN4O/c1-3-5(13-2)4-12-6(8)10-7(9)11-12/h5H,3-4H2,1-2H3,(H2,9,11). The first-order valence-electron chi connectivity index (χ1n) is 4.06. The molecule has 5 nitrogen and oxygen atoms in total. The molecule has 0 aliphatic heterocycles. The van der Waals surface area contributed by atoms with Crippen LogP contribution >= 0.6 is 15.9 Å². The summed E-state index contributed by atoms with van der Waals surface area (Å²) in [6.07, 6.45) is 1.08. The minimum Gasteiger partial charge on any atom is -0.380 e. The molecule has 0 amide bonds. The largest absolute Gasteiger partial charge is 0.380 e. The van der Waals surface area contributed by atoms with Crippen LogP contribution in [-0.4, -0.2) is 28.0 Å². The van der Waals surface area contributed by atoms with Crippen molar-refractivity contribution in [3.05, 3.63) is 4.73 Å². The Morgan fingerprint density at radius 3 is 2.77 bits per heavy atom. The number of halogens is 1. The van der Waals surface area contributed by atoms with E-state index < -0.39 is 0 Å². The number of rotatable bonds is 4. The van der Waals surface area contributed by atoms with E-state index >= 15 is 0 Å². The van der Waals surface area contributed by atoms with Gasteiger partial charge in [-0.1, -0.05) is 6.92 Å². The van der Waals surface area contributed by atoms with Gasteiger partial charge in [0.2, 0.25) is 5.95 Å². The Hall–Kier alpha value is -0.620. The molecule has 1 rings (SSSR count). The molecule has 0 aromatic carbocycles. The summed E-state index contributed by atoms with van der Waals surface area (Å²) in [5.74, 6) is 0.276. The van der Waals surface area contributed by atoms with Crippen LogP contribution in [0.15, 0.2) is 4.73 Å². The fourth-order valence-corrected chi connectivity index (χ4v) is 1.42. The van der Waals surface area contributed by atoms with Crippen LogP contribution in [0.2, 0.25) is 0 Å². The van der Waals surface area contributed by atoms with Crippen LogP contribution in [0.5, 0.6) is 0 Å². The molecule has 0 saturated carbocycles. The first kappa shape index (κ1) is 10.5. The molecule has 0 fully saturated rings. The molecule has 13 heavy (non-hydrogen) atoms. The lowest BCUT2D eigenvalue weighted by Gasteiger charge is -2.12. The molecule has 2 N–H and O–H groups in total. The maximum Gasteiger partial charge on any atom is 0.240 e. The number of nitrogens with zero attached hydrogens (tertiary/aromatic N) is 3. The third-order valence-electron chi connectivity index (χ3n) is 1.81. The fourth-order valence-electron chi connectivity index (χ4n) is 1.02. The van der Waals surface area contributed by atoms with Gasteiger partial charge in [-0.2, -0.15) is 4.98 Å². The number of anilines is 1. The molecule has 0 aliphatic rings. The molecule has 74 valence electrons. The molecule has 0 radical (unpaired) electrons. The van der Waals surface area contributed by atoms with Crippen molar-refractivity contribution < 1.29 is 4.74 Å². The maximum atomic E-state index is 5.42. The van der Waals surface area contributed by atoms with Crippen molar-refractivity contribution >= 4 is 21.9 Å². The number of hydrogen-bond acceptors (Lipinski definition) is 4. The zero-order valence-electron chi connectivity index (χ0n) is 7.70. The second kappa shape index (κ2) is 4.57. The molecule has 0 aliphatic carbocycles. The highest BCUT2D eigenvalue weighted by atomic mass is 79.9. The topological polar surface area (TPSA) is 66.0 Å². The second-order valence-corrected chi connectivity index (χ2v) is 3.40. The Bertz CT molecular complexity index is 271. The van der Waals surface area contributed by atoms with Gasteiger partial charge in [0.15, 0.2) is 4.73 Å². The number of nitrogens with two attached hydrogens (primary N) is 1. The second-order valence-electron chi connectivity index (χ2n) is 2.69. The van der Waals surface area contributed by atoms with Crippen molar-refractivity contribution in [3.8, 4) is 0 Å². The molecule has 6 heteroatoms. The zero-order valence-corrected chi connectivity index (χ0v) is 9.28. The van der Waals surface area contributed by atoms with Gasteiger partial charge in [0.25, 0.3) is 0 Å². The highest BCUT2D eigenvalue weighted by molar-refractivity contribution is 9.10. The highest BCUT2D eigenvalue weighted by Gasteiger charge is 2.10. The van der Waals surface area contributed by atoms with Gasteiger partial charge in [-0.15, -0.1) is 5.10 Å². The molecular formula is C7H13BrN4O. The van der Waals surface area contributed by atoms with Gasteiger partial charge in [-0.3, -0.25) is 0 Å². The van der Waals surface area contributed by atoms with Crippen LogP contribution in [0.25, 0.3) is 0 Å². The lowest BCUT2D eigenvalue weighted by Crippen LogP contribution is -2.18. The van der Waals surface area contributed by atoms with E-state index in [0.29, 0.717) is 11.3 Å². The molecular weight excluding hydrogens is 236 g/mol. The average molecular weight is 249 g/mol. The molecule has 1 atom stereocenters. The minimum atomic E-state index is 0.150. The summed E-state index contributed by atoms with van der Waals surface area (Å²) in [5, 5.41) is 4.00. The van der Waals surface area contributed by atoms with E-state index in [1.807, 2.05) is 0 Å². The first-order chi connectivity index (χ1) is 6.17. The summed E-state index contributed by atoms with van der Waals surface area (Å²) in [4.78, 5) is 3.92. The van der Waals surface area contributed by atoms with Crippen LogP contribution in [0.4, 0.5) is 5.95 Å². The van der Waals surface area contributed by atoms with Crippen molar-refractivity contribution in [2.24, 2.45) is 0 Å². The summed E-state index contributed by atoms with van der Waals surface area (Å²) >= 11 is 3.26. The monoisotopic (exact) mass is 248 g/mol. The van der Waals surface area contributed by atoms with E-state index in [1.54, 1.807) is 11.8 Å². The Morgan fingerprint density at radius 2 is 2.38 bits per heavy atom. The average Bonchev–Trinajstić information content (AvgIpc) is 2.41. The van der Waals surface area contributed by atoms with E-state index in [0.717, 1.165) is 6.42 Å². The molecule has 0 bridgehead atoms. The SMILES string of the molecule is CCC(Cn1nc(N)nc1Br)OC. The summed E-state index contributed by atoms with van der Waals surface area (Å²) < 4.78 is 7.54. The van der Waals surface area contributed by atoms with Gasteiger partial charge >= 0.3 is 0 Å². The number of hydrogen-bond donors (Lipinski definition) is 1. The number of nitrogen functional groups attached to an aromatic ring is 1. The van der Waals surface area contributed by atoms with Gasteiger partial charge in [-0.05, 0) is 22.4 Å². The summed E-state index contributed by atoms with van der Waals surface area (Å²) in [5.41, 5.74) is 5.42. The Morgan fingerprint density at radius 1 is 1.69 bits per heavy atom. The molecule has 0 spiro atoms.